The molecule has 4 atom stereocenters. The zero-order valence-electron chi connectivity index (χ0n) is 41.1. The normalized spacial score (nSPS) is 17.0. The number of amides is 4. The van der Waals surface area contributed by atoms with Gasteiger partial charge in [0.05, 0.1) is 49.1 Å². The Kier molecular flexibility index (Phi) is 14.1. The summed E-state index contributed by atoms with van der Waals surface area (Å²) in [6.45, 7) is 15.4. The summed E-state index contributed by atoms with van der Waals surface area (Å²) in [5.41, 5.74) is 9.85. The largest absolute Gasteiger partial charge is 0.453 e. The number of imidazole rings is 2. The predicted molar refractivity (Wildman–Crippen MR) is 266 cm³/mol. The molecule has 15 nitrogen and oxygen atoms in total. The summed E-state index contributed by atoms with van der Waals surface area (Å²) in [6, 6.07) is 28.0. The zero-order valence-corrected chi connectivity index (χ0v) is 41.1. The van der Waals surface area contributed by atoms with Gasteiger partial charge in [-0.3, -0.25) is 9.59 Å². The van der Waals surface area contributed by atoms with Crippen LogP contribution in [0.25, 0.3) is 50.7 Å². The number of methoxy groups -OCH3 is 2. The molecule has 4 amide bonds. The molecule has 2 fully saturated rings. The van der Waals surface area contributed by atoms with Crippen molar-refractivity contribution in [2.24, 2.45) is 11.8 Å². The number of ether oxygens (including phenoxy) is 2. The van der Waals surface area contributed by atoms with Crippen LogP contribution < -0.4 is 10.6 Å². The maximum Gasteiger partial charge on any atom is 0.407 e. The molecule has 362 valence electrons. The van der Waals surface area contributed by atoms with E-state index in [0.717, 1.165) is 88.0 Å². The molecule has 5 heterocycles. The highest BCUT2D eigenvalue weighted by Crippen LogP contribution is 2.38. The lowest BCUT2D eigenvalue weighted by Gasteiger charge is -2.29. The zero-order chi connectivity index (χ0) is 49.1. The maximum absolute atomic E-state index is 13.7. The van der Waals surface area contributed by atoms with Gasteiger partial charge in [0.15, 0.2) is 0 Å². The lowest BCUT2D eigenvalue weighted by Crippen LogP contribution is -2.51. The molecule has 2 saturated heterocycles. The molecule has 15 heteroatoms. The SMILES string of the molecule is COC(=O)N[C@H](C(=O)N1CCC[C@H]1c1nc(-c2ccc(-c3ccc(-c4ccc(-c5c[nH]c([C@@H]6CCCN6C(=O)[C@@H](NC(=O)OC)C(C)C)n5)cc4)n3-c3ccc(C(C)(C)C)cc3)cc2)c[nH]1)C(C)C. The van der Waals surface area contributed by atoms with Gasteiger partial charge in [0.1, 0.15) is 23.7 Å². The summed E-state index contributed by atoms with van der Waals surface area (Å²) >= 11 is 0. The van der Waals surface area contributed by atoms with Crippen LogP contribution in [0.3, 0.4) is 0 Å². The topological polar surface area (TPSA) is 180 Å². The molecule has 3 aromatic heterocycles. The summed E-state index contributed by atoms with van der Waals surface area (Å²) in [7, 11) is 2.59. The number of benzene rings is 3. The monoisotopic (exact) mass is 936 g/mol. The van der Waals surface area contributed by atoms with Gasteiger partial charge in [0.25, 0.3) is 0 Å². The van der Waals surface area contributed by atoms with Crippen LogP contribution in [0.5, 0.6) is 0 Å². The van der Waals surface area contributed by atoms with Gasteiger partial charge in [0.2, 0.25) is 11.8 Å². The average molecular weight is 936 g/mol. The Morgan fingerprint density at radius 2 is 0.986 bits per heavy atom. The summed E-state index contributed by atoms with van der Waals surface area (Å²) in [4.78, 5) is 72.0. The molecule has 6 aromatic rings. The molecule has 69 heavy (non-hydrogen) atoms. The van der Waals surface area contributed by atoms with E-state index in [1.807, 2.05) is 49.9 Å². The predicted octanol–water partition coefficient (Wildman–Crippen LogP) is 9.98. The van der Waals surface area contributed by atoms with Gasteiger partial charge < -0.3 is 44.4 Å². The van der Waals surface area contributed by atoms with E-state index >= 15 is 0 Å². The Morgan fingerprint density at radius 3 is 1.35 bits per heavy atom. The van der Waals surface area contributed by atoms with Crippen molar-refractivity contribution in [2.45, 2.75) is 104 Å². The maximum atomic E-state index is 13.7. The third-order valence-electron chi connectivity index (χ3n) is 13.5. The van der Waals surface area contributed by atoms with Gasteiger partial charge in [-0.15, -0.1) is 0 Å². The van der Waals surface area contributed by atoms with E-state index in [-0.39, 0.29) is 41.1 Å². The van der Waals surface area contributed by atoms with Gasteiger partial charge in [0, 0.05) is 42.3 Å². The second-order valence-electron chi connectivity index (χ2n) is 19.8. The summed E-state index contributed by atoms with van der Waals surface area (Å²) < 4.78 is 11.9. The number of aromatic amines is 2. The molecule has 0 spiro atoms. The van der Waals surface area contributed by atoms with Crippen LogP contribution in [0, 0.1) is 11.8 Å². The highest BCUT2D eigenvalue weighted by Gasteiger charge is 2.39. The number of H-pyrrole nitrogens is 2. The number of likely N-dealkylation sites (tertiary alicyclic amines) is 2. The van der Waals surface area contributed by atoms with E-state index in [1.54, 1.807) is 0 Å². The summed E-state index contributed by atoms with van der Waals surface area (Å²) in [5.74, 6) is 0.907. The number of nitrogens with zero attached hydrogens (tertiary/aromatic N) is 5. The first-order chi connectivity index (χ1) is 33.1. The first kappa shape index (κ1) is 48.3. The van der Waals surface area contributed by atoms with Crippen molar-refractivity contribution in [2.75, 3.05) is 27.3 Å². The fourth-order valence-corrected chi connectivity index (χ4v) is 9.60. The minimum atomic E-state index is -0.704. The fraction of sp³-hybridized carbons (Fsp3) is 0.407. The van der Waals surface area contributed by atoms with Crippen LogP contribution >= 0.6 is 0 Å². The van der Waals surface area contributed by atoms with E-state index in [0.29, 0.717) is 13.1 Å². The van der Waals surface area contributed by atoms with Crippen LogP contribution in [-0.4, -0.2) is 97.7 Å². The van der Waals surface area contributed by atoms with Crippen LogP contribution in [0.1, 0.15) is 103 Å². The van der Waals surface area contributed by atoms with Crippen molar-refractivity contribution in [3.8, 4) is 50.7 Å². The molecule has 2 aliphatic heterocycles. The average Bonchev–Trinajstić information content (AvgIpc) is 4.21. The Morgan fingerprint density at radius 1 is 0.594 bits per heavy atom. The van der Waals surface area contributed by atoms with E-state index in [4.69, 9.17) is 19.4 Å². The molecule has 0 aliphatic carbocycles. The van der Waals surface area contributed by atoms with Gasteiger partial charge >= 0.3 is 12.2 Å². The van der Waals surface area contributed by atoms with Gasteiger partial charge in [-0.05, 0) is 83.9 Å². The fourth-order valence-electron chi connectivity index (χ4n) is 9.60. The van der Waals surface area contributed by atoms with Crippen LogP contribution in [0.4, 0.5) is 9.59 Å². The number of carbonyl (C=O) groups excluding carboxylic acids is 4. The van der Waals surface area contributed by atoms with Crippen molar-refractivity contribution >= 4 is 24.0 Å². The van der Waals surface area contributed by atoms with Crippen LogP contribution in [-0.2, 0) is 24.5 Å². The second kappa shape index (κ2) is 20.2. The van der Waals surface area contributed by atoms with Gasteiger partial charge in [-0.1, -0.05) is 109 Å². The first-order valence-electron chi connectivity index (χ1n) is 24.0. The number of carbonyl (C=O) groups is 4. The molecular formula is C54H65N9O6. The second-order valence-corrected chi connectivity index (χ2v) is 19.8. The number of rotatable bonds is 13. The first-order valence-corrected chi connectivity index (χ1v) is 24.0. The highest BCUT2D eigenvalue weighted by atomic mass is 16.5. The summed E-state index contributed by atoms with van der Waals surface area (Å²) in [5, 5.41) is 5.44. The smallest absolute Gasteiger partial charge is 0.407 e. The van der Waals surface area contributed by atoms with Crippen molar-refractivity contribution in [3.63, 3.8) is 0 Å². The Labute approximate surface area is 404 Å². The van der Waals surface area contributed by atoms with Crippen molar-refractivity contribution in [1.82, 2.24) is 44.9 Å². The van der Waals surface area contributed by atoms with Crippen molar-refractivity contribution in [3.05, 3.63) is 115 Å². The number of aromatic nitrogens is 5. The highest BCUT2D eigenvalue weighted by molar-refractivity contribution is 5.87. The number of nitrogens with one attached hydrogen (secondary N) is 4. The minimum Gasteiger partial charge on any atom is -0.453 e. The lowest BCUT2D eigenvalue weighted by molar-refractivity contribution is -0.136. The Hall–Kier alpha value is -7.16. The molecule has 0 bridgehead atoms. The van der Waals surface area contributed by atoms with Crippen molar-refractivity contribution in [1.29, 1.82) is 0 Å². The van der Waals surface area contributed by atoms with E-state index in [9.17, 15) is 19.2 Å². The third kappa shape index (κ3) is 10.2. The number of alkyl carbamates (subject to hydrolysis) is 2. The molecule has 0 unspecified atom stereocenters. The van der Waals surface area contributed by atoms with Crippen molar-refractivity contribution < 1.29 is 28.7 Å². The third-order valence-corrected chi connectivity index (χ3v) is 13.5. The Bertz CT molecular complexity index is 2600. The molecule has 0 radical (unpaired) electrons. The quantitative estimate of drug-likeness (QED) is 0.0884. The minimum absolute atomic E-state index is 0.00161. The molecule has 8 rings (SSSR count). The Balaban J connectivity index is 1.04. The van der Waals surface area contributed by atoms with E-state index < -0.39 is 24.3 Å². The summed E-state index contributed by atoms with van der Waals surface area (Å²) in [6.07, 6.45) is 5.74. The van der Waals surface area contributed by atoms with Gasteiger partial charge in [-0.2, -0.15) is 0 Å². The molecule has 2 aliphatic rings. The number of hydrogen-bond acceptors (Lipinski definition) is 8. The van der Waals surface area contributed by atoms with Crippen LogP contribution in [0.2, 0.25) is 0 Å². The standard InChI is InChI=1S/C54H65N9O6/c1-32(2)46(59-52(66)68-8)50(64)61-28-10-12-44(61)48-55-30-40(57-48)34-14-18-36(19-15-34)42-26-27-43(63(42)39-24-22-38(23-25-39)54(5,6)7)37-20-16-35(17-21-37)41-31-56-49(58-41)45-13-11-29-62(45)51(65)47(33(3)4)60-53(67)69-9/h14-27,30-33,44-47H,10-13,28-29H2,1-9H3,(H,55,57)(H,56,58)(H,59,66)(H,60,67)/t44-,45-,46-,47-/m0/s1. The van der Waals surface area contributed by atoms with E-state index in [2.05, 4.69) is 131 Å². The van der Waals surface area contributed by atoms with Crippen LogP contribution in [0.15, 0.2) is 97.3 Å². The molecule has 4 N–H and O–H groups in total. The lowest BCUT2D eigenvalue weighted by atomic mass is 9.87. The molecule has 3 aromatic carbocycles. The molecular weight excluding hydrogens is 871 g/mol. The van der Waals surface area contributed by atoms with E-state index in [1.165, 1.54) is 19.8 Å². The number of hydrogen-bond donors (Lipinski definition) is 4. The molecule has 0 saturated carbocycles. The van der Waals surface area contributed by atoms with Gasteiger partial charge in [-0.25, -0.2) is 19.6 Å².